The van der Waals surface area contributed by atoms with Crippen molar-refractivity contribution in [3.63, 3.8) is 0 Å². The summed E-state index contributed by atoms with van der Waals surface area (Å²) in [6, 6.07) is 0. The average molecular weight is 1590 g/mol. The number of phosphoric ester groups is 2. The van der Waals surface area contributed by atoms with Crippen molar-refractivity contribution in [3.05, 3.63) is 0 Å². The van der Waals surface area contributed by atoms with E-state index in [1.54, 1.807) is 0 Å². The Labute approximate surface area is 670 Å². The maximum absolute atomic E-state index is 13.2. The number of carbonyl (C=O) groups excluding carboxylic acids is 4. The van der Waals surface area contributed by atoms with E-state index in [0.29, 0.717) is 25.7 Å². The van der Waals surface area contributed by atoms with Gasteiger partial charge in [-0.2, -0.15) is 0 Å². The highest BCUT2D eigenvalue weighted by Crippen LogP contribution is 2.45. The van der Waals surface area contributed by atoms with Crippen LogP contribution < -0.4 is 0 Å². The first kappa shape index (κ1) is 107. The second-order valence-electron chi connectivity index (χ2n) is 32.3. The van der Waals surface area contributed by atoms with E-state index < -0.39 is 97.5 Å². The molecule has 0 aromatic heterocycles. The summed E-state index contributed by atoms with van der Waals surface area (Å²) in [5.41, 5.74) is 0. The summed E-state index contributed by atoms with van der Waals surface area (Å²) in [6.07, 6.45) is 80.5. The number of rotatable bonds is 91. The van der Waals surface area contributed by atoms with Crippen molar-refractivity contribution in [1.82, 2.24) is 0 Å². The molecule has 109 heavy (non-hydrogen) atoms. The number of unbranched alkanes of at least 4 members (excludes halogenated alkanes) is 65. The van der Waals surface area contributed by atoms with Gasteiger partial charge in [-0.15, -0.1) is 0 Å². The van der Waals surface area contributed by atoms with E-state index in [1.807, 2.05) is 0 Å². The number of aliphatic hydroxyl groups is 1. The van der Waals surface area contributed by atoms with E-state index in [-0.39, 0.29) is 25.7 Å². The van der Waals surface area contributed by atoms with Crippen LogP contribution in [0.5, 0.6) is 0 Å². The molecular weight excluding hydrogens is 1410 g/mol. The number of ether oxygens (including phenoxy) is 4. The molecule has 0 rings (SSSR count). The fourth-order valence-corrected chi connectivity index (χ4v) is 15.8. The Kier molecular flexibility index (Phi) is 82.5. The summed E-state index contributed by atoms with van der Waals surface area (Å²) in [6.45, 7) is 5.09. The molecule has 0 heterocycles. The summed E-state index contributed by atoms with van der Waals surface area (Å²) in [4.78, 5) is 73.4. The molecule has 0 radical (unpaired) electrons. The molecule has 0 fully saturated rings. The molecule has 0 aromatic rings. The lowest BCUT2D eigenvalue weighted by Gasteiger charge is -2.21. The zero-order chi connectivity index (χ0) is 79.6. The first-order valence-electron chi connectivity index (χ1n) is 46.8. The molecule has 0 saturated heterocycles. The van der Waals surface area contributed by atoms with Crippen molar-refractivity contribution in [2.75, 3.05) is 39.6 Å². The predicted molar refractivity (Wildman–Crippen MR) is 451 cm³/mol. The highest BCUT2D eigenvalue weighted by molar-refractivity contribution is 7.47. The fourth-order valence-electron chi connectivity index (χ4n) is 14.2. The Morgan fingerprint density at radius 2 is 0.367 bits per heavy atom. The third kappa shape index (κ3) is 83.8. The standard InChI is InChI=1S/C90H176O17P2/c1-5-9-13-17-21-25-29-33-36-39-41-42-43-44-46-49-53-57-61-65-69-73-77-90(95)107-86(81-101-88(93)75-71-67-63-59-55-51-48-45-40-37-34-30-26-22-18-14-10-6-2)83-105-109(98,99)103-79-84(91)78-102-108(96,97)104-82-85(80-100-87(92)74-70-66-62-58-54-50-32-28-24-20-16-12-8-4)106-89(94)76-72-68-64-60-56-52-47-38-35-31-27-23-19-15-11-7-3/h84-86,91H,5-83H2,1-4H3,(H,96,97)(H,98,99)/t84-,85+,86+/m0/s1. The Bertz CT molecular complexity index is 2050. The third-order valence-electron chi connectivity index (χ3n) is 21.4. The minimum Gasteiger partial charge on any atom is -0.462 e. The summed E-state index contributed by atoms with van der Waals surface area (Å²) < 4.78 is 69.1. The van der Waals surface area contributed by atoms with Crippen molar-refractivity contribution >= 4 is 39.5 Å². The third-order valence-corrected chi connectivity index (χ3v) is 23.3. The van der Waals surface area contributed by atoms with Crippen LogP contribution in [0.3, 0.4) is 0 Å². The van der Waals surface area contributed by atoms with Gasteiger partial charge in [0.2, 0.25) is 0 Å². The second kappa shape index (κ2) is 84.0. The molecule has 17 nitrogen and oxygen atoms in total. The molecule has 0 aliphatic heterocycles. The molecule has 5 atom stereocenters. The summed E-state index contributed by atoms with van der Waals surface area (Å²) in [7, 11) is -9.93. The van der Waals surface area contributed by atoms with Crippen LogP contribution in [0, 0.1) is 0 Å². The van der Waals surface area contributed by atoms with Crippen molar-refractivity contribution in [3.8, 4) is 0 Å². The molecule has 0 aliphatic carbocycles. The van der Waals surface area contributed by atoms with Gasteiger partial charge in [0.1, 0.15) is 19.3 Å². The minimum atomic E-state index is -4.97. The molecule has 0 aliphatic rings. The highest BCUT2D eigenvalue weighted by Gasteiger charge is 2.30. The number of aliphatic hydroxyl groups excluding tert-OH is 1. The molecule has 0 aromatic carbocycles. The monoisotopic (exact) mass is 1590 g/mol. The van der Waals surface area contributed by atoms with Crippen LogP contribution in [-0.2, 0) is 65.4 Å². The van der Waals surface area contributed by atoms with Gasteiger partial charge >= 0.3 is 39.5 Å². The predicted octanol–water partition coefficient (Wildman–Crippen LogP) is 28.1. The molecular formula is C90H176O17P2. The Morgan fingerprint density at radius 1 is 0.220 bits per heavy atom. The van der Waals surface area contributed by atoms with Crippen molar-refractivity contribution in [2.24, 2.45) is 0 Å². The van der Waals surface area contributed by atoms with Gasteiger partial charge in [0, 0.05) is 25.7 Å². The smallest absolute Gasteiger partial charge is 0.462 e. The Morgan fingerprint density at radius 3 is 0.541 bits per heavy atom. The SMILES string of the molecule is CCCCCCCCCCCCCCCCCCCCCCCCC(=O)O[C@H](COC(=O)CCCCCCCCCCCCCCCCCCCC)COP(=O)(O)OC[C@@H](O)COP(=O)(O)OC[C@@H](COC(=O)CCCCCCCCCCCCCCC)OC(=O)CCCCCCCCCCCCCCCCCC. The molecule has 648 valence electrons. The molecule has 0 amide bonds. The van der Waals surface area contributed by atoms with E-state index in [0.717, 1.165) is 89.9 Å². The van der Waals surface area contributed by atoms with Gasteiger partial charge in [0.15, 0.2) is 12.2 Å². The van der Waals surface area contributed by atoms with Gasteiger partial charge in [-0.25, -0.2) is 9.13 Å². The van der Waals surface area contributed by atoms with Crippen LogP contribution in [0.2, 0.25) is 0 Å². The largest absolute Gasteiger partial charge is 0.472 e. The lowest BCUT2D eigenvalue weighted by molar-refractivity contribution is -0.161. The second-order valence-corrected chi connectivity index (χ2v) is 35.3. The lowest BCUT2D eigenvalue weighted by Crippen LogP contribution is -2.30. The van der Waals surface area contributed by atoms with Gasteiger partial charge in [-0.3, -0.25) is 37.3 Å². The van der Waals surface area contributed by atoms with Gasteiger partial charge in [-0.1, -0.05) is 445 Å². The maximum atomic E-state index is 13.2. The van der Waals surface area contributed by atoms with E-state index in [9.17, 15) is 43.2 Å². The van der Waals surface area contributed by atoms with Crippen molar-refractivity contribution in [2.45, 2.75) is 515 Å². The van der Waals surface area contributed by atoms with Crippen molar-refractivity contribution in [1.29, 1.82) is 0 Å². The zero-order valence-electron chi connectivity index (χ0n) is 71.5. The topological polar surface area (TPSA) is 237 Å². The van der Waals surface area contributed by atoms with Crippen LogP contribution in [-0.4, -0.2) is 96.7 Å². The molecule has 0 spiro atoms. The molecule has 3 N–H and O–H groups in total. The normalized spacial score (nSPS) is 13.6. The molecule has 0 bridgehead atoms. The molecule has 2 unspecified atom stereocenters. The summed E-state index contributed by atoms with van der Waals surface area (Å²) in [5, 5.41) is 10.7. The zero-order valence-corrected chi connectivity index (χ0v) is 73.3. The Hall–Kier alpha value is -1.94. The average Bonchev–Trinajstić information content (AvgIpc) is 0.904. The van der Waals surface area contributed by atoms with Crippen LogP contribution in [0.4, 0.5) is 0 Å². The van der Waals surface area contributed by atoms with E-state index in [2.05, 4.69) is 27.7 Å². The van der Waals surface area contributed by atoms with E-state index in [4.69, 9.17) is 37.0 Å². The van der Waals surface area contributed by atoms with Gasteiger partial charge in [0.25, 0.3) is 0 Å². The van der Waals surface area contributed by atoms with Gasteiger partial charge < -0.3 is 33.8 Å². The number of esters is 4. The van der Waals surface area contributed by atoms with Gasteiger partial charge in [0.05, 0.1) is 26.4 Å². The highest BCUT2D eigenvalue weighted by atomic mass is 31.2. The maximum Gasteiger partial charge on any atom is 0.472 e. The quantitative estimate of drug-likeness (QED) is 0.0222. The van der Waals surface area contributed by atoms with E-state index >= 15 is 0 Å². The summed E-state index contributed by atoms with van der Waals surface area (Å²) in [5.74, 6) is -2.09. The molecule has 19 heteroatoms. The summed E-state index contributed by atoms with van der Waals surface area (Å²) >= 11 is 0. The lowest BCUT2D eigenvalue weighted by atomic mass is 10.0. The van der Waals surface area contributed by atoms with Crippen LogP contribution in [0.15, 0.2) is 0 Å². The fraction of sp³-hybridized carbons (Fsp3) is 0.956. The Balaban J connectivity index is 5.24. The van der Waals surface area contributed by atoms with Crippen LogP contribution in [0.25, 0.3) is 0 Å². The van der Waals surface area contributed by atoms with E-state index in [1.165, 1.54) is 327 Å². The van der Waals surface area contributed by atoms with Crippen LogP contribution in [0.1, 0.15) is 496 Å². The number of phosphoric acid groups is 2. The first-order valence-corrected chi connectivity index (χ1v) is 49.8. The van der Waals surface area contributed by atoms with Gasteiger partial charge in [-0.05, 0) is 25.7 Å². The number of hydrogen-bond donors (Lipinski definition) is 3. The minimum absolute atomic E-state index is 0.110. The number of hydrogen-bond acceptors (Lipinski definition) is 15. The number of carbonyl (C=O) groups is 4. The molecule has 0 saturated carbocycles. The van der Waals surface area contributed by atoms with Crippen molar-refractivity contribution < 1.29 is 80.2 Å². The van der Waals surface area contributed by atoms with Crippen LogP contribution >= 0.6 is 15.6 Å². The first-order chi connectivity index (χ1) is 53.2.